The standard InChI is InChI=1S/C38H22O2/c1-2-12-24-23(10-1)11-9-18-26(24)36-27-14-3-5-16-29(27)37(30-17-6-4-15-28(30)36)35-22-32-34(39-35)21-20-31-25-13-7-8-19-33(25)40-38(31)32/h1-22H/i1D,2D,3D,4D,5D,6D,9D,10D,11D,14D,16D,17D,18D. The largest absolute Gasteiger partial charge is 0.456 e. The fourth-order valence-electron chi connectivity index (χ4n) is 5.68. The van der Waals surface area contributed by atoms with E-state index in [4.69, 9.17) is 22.5 Å². The Kier molecular flexibility index (Phi) is 2.56. The van der Waals surface area contributed by atoms with Crippen LogP contribution in [0.15, 0.2) is 142 Å². The number of rotatable bonds is 2. The molecule has 0 fully saturated rings. The molecule has 9 aromatic rings. The number of hydrogen-bond donors (Lipinski definition) is 0. The Labute approximate surface area is 247 Å². The molecule has 9 rings (SSSR count). The fourth-order valence-corrected chi connectivity index (χ4v) is 5.68. The highest BCUT2D eigenvalue weighted by atomic mass is 16.3. The summed E-state index contributed by atoms with van der Waals surface area (Å²) in [6, 6.07) is 8.27. The molecule has 0 atom stereocenters. The summed E-state index contributed by atoms with van der Waals surface area (Å²) in [5, 5.41) is 1.61. The van der Waals surface area contributed by atoms with Gasteiger partial charge in [-0.15, -0.1) is 0 Å². The van der Waals surface area contributed by atoms with Crippen LogP contribution in [0.3, 0.4) is 0 Å². The molecule has 0 amide bonds. The normalized spacial score (nSPS) is 16.6. The topological polar surface area (TPSA) is 26.3 Å². The third-order valence-electron chi connectivity index (χ3n) is 7.38. The highest BCUT2D eigenvalue weighted by Crippen LogP contribution is 2.47. The van der Waals surface area contributed by atoms with Gasteiger partial charge in [0.2, 0.25) is 0 Å². The summed E-state index contributed by atoms with van der Waals surface area (Å²) in [4.78, 5) is 0. The van der Waals surface area contributed by atoms with Crippen molar-refractivity contribution in [1.29, 1.82) is 0 Å². The molecule has 0 bridgehead atoms. The Balaban J connectivity index is 1.56. The Morgan fingerprint density at radius 2 is 1.15 bits per heavy atom. The number of furan rings is 2. The lowest BCUT2D eigenvalue weighted by atomic mass is 9.86. The van der Waals surface area contributed by atoms with E-state index in [9.17, 15) is 4.11 Å². The second-order valence-corrected chi connectivity index (χ2v) is 9.47. The molecule has 0 aliphatic carbocycles. The lowest BCUT2D eigenvalue weighted by molar-refractivity contribution is 0.632. The van der Waals surface area contributed by atoms with Crippen LogP contribution in [0.4, 0.5) is 0 Å². The van der Waals surface area contributed by atoms with E-state index in [2.05, 4.69) is 0 Å². The van der Waals surface area contributed by atoms with Crippen LogP contribution in [-0.4, -0.2) is 0 Å². The Morgan fingerprint density at radius 3 is 2.05 bits per heavy atom. The Bertz CT molecular complexity index is 3150. The summed E-state index contributed by atoms with van der Waals surface area (Å²) in [6.45, 7) is 0. The van der Waals surface area contributed by atoms with Crippen LogP contribution < -0.4 is 0 Å². The van der Waals surface area contributed by atoms with Crippen LogP contribution in [0.5, 0.6) is 0 Å². The van der Waals surface area contributed by atoms with Gasteiger partial charge < -0.3 is 8.83 Å². The maximum Gasteiger partial charge on any atom is 0.146 e. The molecular weight excluding hydrogens is 488 g/mol. The zero-order valence-corrected chi connectivity index (χ0v) is 20.5. The van der Waals surface area contributed by atoms with E-state index in [-0.39, 0.29) is 54.8 Å². The van der Waals surface area contributed by atoms with Crippen molar-refractivity contribution in [2.24, 2.45) is 0 Å². The van der Waals surface area contributed by atoms with E-state index >= 15 is 0 Å². The first-order valence-electron chi connectivity index (χ1n) is 19.0. The van der Waals surface area contributed by atoms with Gasteiger partial charge >= 0.3 is 0 Å². The van der Waals surface area contributed by atoms with Crippen molar-refractivity contribution in [2.75, 3.05) is 0 Å². The molecular formula is C38H22O2. The van der Waals surface area contributed by atoms with Crippen molar-refractivity contribution in [3.05, 3.63) is 133 Å². The first-order valence-corrected chi connectivity index (χ1v) is 12.5. The molecule has 0 aliphatic rings. The van der Waals surface area contributed by atoms with Crippen LogP contribution in [0.1, 0.15) is 17.8 Å². The minimum atomic E-state index is -0.634. The van der Waals surface area contributed by atoms with Gasteiger partial charge in [-0.3, -0.25) is 0 Å². The zero-order chi connectivity index (χ0) is 37.5. The second kappa shape index (κ2) is 8.08. The highest BCUT2D eigenvalue weighted by Gasteiger charge is 2.21. The Morgan fingerprint density at radius 1 is 0.450 bits per heavy atom. The first-order chi connectivity index (χ1) is 25.2. The van der Waals surface area contributed by atoms with Crippen molar-refractivity contribution in [2.45, 2.75) is 0 Å². The fraction of sp³-hybridized carbons (Fsp3) is 0. The van der Waals surface area contributed by atoms with Gasteiger partial charge in [0.15, 0.2) is 0 Å². The first kappa shape index (κ1) is 12.7. The predicted octanol–water partition coefficient (Wildman–Crippen LogP) is 11.1. The van der Waals surface area contributed by atoms with Gasteiger partial charge in [-0.1, -0.05) is 109 Å². The molecule has 0 saturated carbocycles. The summed E-state index contributed by atoms with van der Waals surface area (Å²) in [7, 11) is 0. The summed E-state index contributed by atoms with van der Waals surface area (Å²) < 4.78 is 127. The molecule has 0 spiro atoms. The monoisotopic (exact) mass is 523 g/mol. The quantitative estimate of drug-likeness (QED) is 0.211. The summed E-state index contributed by atoms with van der Waals surface area (Å²) in [5.41, 5.74) is 1.25. The number of fused-ring (bicyclic) bond motifs is 8. The molecule has 2 heterocycles. The van der Waals surface area contributed by atoms with Gasteiger partial charge in [0.05, 0.1) is 23.2 Å². The van der Waals surface area contributed by atoms with Gasteiger partial charge in [-0.05, 0) is 67.7 Å². The Hall–Kier alpha value is -5.34. The molecule has 0 radical (unpaired) electrons. The number of para-hydroxylation sites is 1. The molecule has 0 aliphatic heterocycles. The van der Waals surface area contributed by atoms with Crippen LogP contribution in [0, 0.1) is 0 Å². The van der Waals surface area contributed by atoms with Gasteiger partial charge in [0, 0.05) is 16.3 Å². The molecule has 2 aromatic heterocycles. The second-order valence-electron chi connectivity index (χ2n) is 9.47. The lowest BCUT2D eigenvalue weighted by Gasteiger charge is -2.17. The van der Waals surface area contributed by atoms with E-state index in [1.807, 2.05) is 30.3 Å². The molecule has 0 saturated heterocycles. The van der Waals surface area contributed by atoms with E-state index in [0.29, 0.717) is 22.1 Å². The maximum atomic E-state index is 9.25. The third kappa shape index (κ3) is 2.93. The lowest BCUT2D eigenvalue weighted by Crippen LogP contribution is -1.90. The highest BCUT2D eigenvalue weighted by molar-refractivity contribution is 6.24. The van der Waals surface area contributed by atoms with Crippen LogP contribution >= 0.6 is 0 Å². The minimum Gasteiger partial charge on any atom is -0.456 e. The van der Waals surface area contributed by atoms with Crippen LogP contribution in [0.2, 0.25) is 0 Å². The van der Waals surface area contributed by atoms with Gasteiger partial charge in [-0.25, -0.2) is 0 Å². The van der Waals surface area contributed by atoms with E-state index in [1.54, 1.807) is 12.1 Å². The summed E-state index contributed by atoms with van der Waals surface area (Å²) in [5.74, 6) is 0.0737. The number of benzene rings is 7. The number of hydrogen-bond acceptors (Lipinski definition) is 2. The minimum absolute atomic E-state index is 0.0119. The van der Waals surface area contributed by atoms with Crippen molar-refractivity contribution in [3.8, 4) is 22.5 Å². The van der Waals surface area contributed by atoms with Crippen molar-refractivity contribution >= 4 is 65.2 Å². The average molecular weight is 524 g/mol. The van der Waals surface area contributed by atoms with Crippen molar-refractivity contribution in [1.82, 2.24) is 0 Å². The smallest absolute Gasteiger partial charge is 0.146 e. The maximum absolute atomic E-state index is 9.25. The van der Waals surface area contributed by atoms with Crippen molar-refractivity contribution in [3.63, 3.8) is 0 Å². The van der Waals surface area contributed by atoms with Crippen LogP contribution in [-0.2, 0) is 0 Å². The SMILES string of the molecule is [2H]c1cc2c(-c3c4cc([2H])c([2H])c([2H])c4c(-c4cc5c(ccc6c7ccccc7oc56)o4)c4c([2H])c([2H])c([2H])c([2H])c34)c([2H])c([2H])c([2H])c2c([2H])c1[2H]. The molecule has 0 N–H and O–H groups in total. The molecule has 2 heteroatoms. The van der Waals surface area contributed by atoms with Crippen molar-refractivity contribution < 1.29 is 26.7 Å². The summed E-state index contributed by atoms with van der Waals surface area (Å²) >= 11 is 0. The molecule has 2 nitrogen and oxygen atoms in total. The average Bonchev–Trinajstić information content (AvgIpc) is 3.75. The summed E-state index contributed by atoms with van der Waals surface area (Å²) in [6.07, 6.45) is 0. The zero-order valence-electron chi connectivity index (χ0n) is 33.5. The van der Waals surface area contributed by atoms with Crippen LogP contribution in [0.25, 0.3) is 87.7 Å². The molecule has 0 unspecified atom stereocenters. The molecule has 40 heavy (non-hydrogen) atoms. The third-order valence-corrected chi connectivity index (χ3v) is 7.38. The van der Waals surface area contributed by atoms with E-state index < -0.39 is 78.6 Å². The van der Waals surface area contributed by atoms with E-state index in [0.717, 1.165) is 10.8 Å². The van der Waals surface area contributed by atoms with Gasteiger partial charge in [0.25, 0.3) is 0 Å². The van der Waals surface area contributed by atoms with E-state index in [1.165, 1.54) is 12.1 Å². The molecule has 7 aromatic carbocycles. The predicted molar refractivity (Wildman–Crippen MR) is 167 cm³/mol. The van der Waals surface area contributed by atoms with Gasteiger partial charge in [0.1, 0.15) is 22.5 Å². The molecule has 186 valence electrons. The van der Waals surface area contributed by atoms with Gasteiger partial charge in [-0.2, -0.15) is 0 Å².